The summed E-state index contributed by atoms with van der Waals surface area (Å²) in [4.78, 5) is 20.8. The van der Waals surface area contributed by atoms with Crippen LogP contribution in [0.5, 0.6) is 0 Å². The zero-order valence-corrected chi connectivity index (χ0v) is 30.5. The van der Waals surface area contributed by atoms with Crippen LogP contribution in [-0.4, -0.2) is 27.0 Å². The molecule has 1 N–H and O–H groups in total. The molecule has 8 heteroatoms. The Labute approximate surface area is 285 Å². The van der Waals surface area contributed by atoms with Gasteiger partial charge in [0.15, 0.2) is 5.78 Å². The van der Waals surface area contributed by atoms with E-state index in [-0.39, 0.29) is 49.9 Å². The Kier molecular flexibility index (Phi) is 14.1. The van der Waals surface area contributed by atoms with E-state index in [1.807, 2.05) is 65.8 Å². The second kappa shape index (κ2) is 16.6. The minimum Gasteiger partial charge on any atom is -0.512 e. The number of benzene rings is 2. The number of allylic oxidation sites excluding steroid dienone is 2. The molecule has 0 fully saturated rings. The van der Waals surface area contributed by atoms with Gasteiger partial charge in [0.05, 0.1) is 16.7 Å². The first-order valence-corrected chi connectivity index (χ1v) is 15.8. The maximum atomic E-state index is 13.3. The number of nitrogens with zero attached hydrogens (tertiary/aromatic N) is 2. The van der Waals surface area contributed by atoms with Crippen molar-refractivity contribution in [2.24, 2.45) is 17.3 Å². The number of hydrogen-bond donors (Lipinski definition) is 1. The molecule has 1 radical (unpaired) electrons. The Hall–Kier alpha value is -3.09. The van der Waals surface area contributed by atoms with Crippen LogP contribution >= 0.6 is 0 Å². The molecule has 46 heavy (non-hydrogen) atoms. The predicted octanol–water partition coefficient (Wildman–Crippen LogP) is 10.9. The van der Waals surface area contributed by atoms with Crippen LogP contribution in [-0.2, 0) is 31.3 Å². The number of alkyl halides is 3. The van der Waals surface area contributed by atoms with E-state index in [0.29, 0.717) is 11.2 Å². The number of aryl methyl sites for hydroxylation is 2. The van der Waals surface area contributed by atoms with Gasteiger partial charge in [0.25, 0.3) is 0 Å². The standard InChI is InChI=1S/C25H22F3N2.C13H24O2.Ir/c1-15-11-16(2)13-17(12-15)23-21-7-8-22-20(19(21)9-10-29-23)6-5-18(30-22)14-24(3,4)25(26,27)28;1-5-10(6-2)12(14)9-13(15)11(7-3)8-4;/h5-12H,14H2,1-4H3;9-11,14H,5-8H2,1-4H3;/q-1;;. The van der Waals surface area contributed by atoms with Crippen molar-refractivity contribution in [3.63, 3.8) is 0 Å². The fourth-order valence-corrected chi connectivity index (χ4v) is 5.58. The molecule has 0 bridgehead atoms. The summed E-state index contributed by atoms with van der Waals surface area (Å²) in [5, 5.41) is 12.6. The fraction of sp³-hybridized carbons (Fsp3) is 0.447. The molecule has 0 aliphatic carbocycles. The molecule has 0 spiro atoms. The predicted molar refractivity (Wildman–Crippen MR) is 178 cm³/mol. The molecule has 4 aromatic rings. The molecule has 4 rings (SSSR count). The van der Waals surface area contributed by atoms with Crippen molar-refractivity contribution in [3.8, 4) is 11.3 Å². The molecule has 0 aliphatic heterocycles. The van der Waals surface area contributed by atoms with Gasteiger partial charge >= 0.3 is 6.18 Å². The first kappa shape index (κ1) is 39.1. The Bertz CT molecular complexity index is 1640. The second-order valence-corrected chi connectivity index (χ2v) is 12.5. The summed E-state index contributed by atoms with van der Waals surface area (Å²) in [5.74, 6) is 0.547. The molecule has 0 saturated carbocycles. The van der Waals surface area contributed by atoms with E-state index in [2.05, 4.69) is 28.2 Å². The van der Waals surface area contributed by atoms with Crippen LogP contribution in [0.3, 0.4) is 0 Å². The zero-order chi connectivity index (χ0) is 33.5. The number of ketones is 1. The van der Waals surface area contributed by atoms with E-state index in [0.717, 1.165) is 64.2 Å². The molecule has 0 amide bonds. The Morgan fingerprint density at radius 2 is 1.50 bits per heavy atom. The van der Waals surface area contributed by atoms with Gasteiger partial charge in [-0.15, -0.1) is 34.9 Å². The SMILES string of the molecule is CCC(CC)C(=O)C=C(O)C(CC)CC.Cc1[c-]c(-c2nccc3c2ccc2nc(CC(C)(C)C(F)(F)F)ccc23)cc(C)c1.[Ir]. The third kappa shape index (κ3) is 9.48. The van der Waals surface area contributed by atoms with Crippen molar-refractivity contribution in [2.45, 2.75) is 93.7 Å². The summed E-state index contributed by atoms with van der Waals surface area (Å²) in [6, 6.07) is 16.8. The largest absolute Gasteiger partial charge is 0.512 e. The number of rotatable bonds is 10. The van der Waals surface area contributed by atoms with Gasteiger partial charge in [-0.25, -0.2) is 0 Å². The summed E-state index contributed by atoms with van der Waals surface area (Å²) >= 11 is 0. The monoisotopic (exact) mass is 812 g/mol. The van der Waals surface area contributed by atoms with Crippen LogP contribution in [0.15, 0.2) is 60.5 Å². The minimum atomic E-state index is -4.28. The quantitative estimate of drug-likeness (QED) is 0.0750. The number of halogens is 3. The molecule has 2 heterocycles. The van der Waals surface area contributed by atoms with Crippen molar-refractivity contribution in [1.29, 1.82) is 0 Å². The molecule has 0 unspecified atom stereocenters. The zero-order valence-electron chi connectivity index (χ0n) is 28.1. The summed E-state index contributed by atoms with van der Waals surface area (Å²) in [7, 11) is 0. The maximum Gasteiger partial charge on any atom is 0.394 e. The van der Waals surface area contributed by atoms with E-state index in [4.69, 9.17) is 0 Å². The van der Waals surface area contributed by atoms with E-state index >= 15 is 0 Å². The third-order valence-corrected chi connectivity index (χ3v) is 8.55. The van der Waals surface area contributed by atoms with Crippen molar-refractivity contribution in [3.05, 3.63) is 83.4 Å². The second-order valence-electron chi connectivity index (χ2n) is 12.5. The first-order valence-electron chi connectivity index (χ1n) is 15.8. The van der Waals surface area contributed by atoms with Crippen LogP contribution in [0.25, 0.3) is 32.9 Å². The number of carbonyl (C=O) groups excluding carboxylic acids is 1. The smallest absolute Gasteiger partial charge is 0.394 e. The van der Waals surface area contributed by atoms with Crippen LogP contribution in [0.4, 0.5) is 13.2 Å². The average Bonchev–Trinajstić information content (AvgIpc) is 2.97. The van der Waals surface area contributed by atoms with Crippen molar-refractivity contribution < 1.29 is 43.2 Å². The third-order valence-electron chi connectivity index (χ3n) is 8.55. The van der Waals surface area contributed by atoms with Gasteiger partial charge in [-0.3, -0.25) is 9.78 Å². The van der Waals surface area contributed by atoms with Crippen LogP contribution in [0, 0.1) is 37.2 Å². The topological polar surface area (TPSA) is 63.1 Å². The number of fused-ring (bicyclic) bond motifs is 3. The van der Waals surface area contributed by atoms with E-state index < -0.39 is 11.6 Å². The van der Waals surface area contributed by atoms with Gasteiger partial charge in [0, 0.05) is 61.7 Å². The van der Waals surface area contributed by atoms with E-state index in [9.17, 15) is 23.1 Å². The maximum absolute atomic E-state index is 13.3. The van der Waals surface area contributed by atoms with Crippen molar-refractivity contribution >= 4 is 27.5 Å². The number of aliphatic hydroxyl groups is 1. The van der Waals surface area contributed by atoms with Crippen LogP contribution in [0.2, 0.25) is 0 Å². The van der Waals surface area contributed by atoms with Gasteiger partial charge in [0.1, 0.15) is 0 Å². The molecule has 0 aliphatic rings. The molecule has 0 saturated heterocycles. The molecule has 2 aromatic heterocycles. The molecule has 251 valence electrons. The summed E-state index contributed by atoms with van der Waals surface area (Å²) in [6.07, 6.45) is 2.21. The first-order chi connectivity index (χ1) is 21.1. The van der Waals surface area contributed by atoms with E-state index in [1.165, 1.54) is 19.9 Å². The van der Waals surface area contributed by atoms with Gasteiger partial charge < -0.3 is 10.1 Å². The van der Waals surface area contributed by atoms with Gasteiger partial charge in [-0.2, -0.15) is 13.2 Å². The minimum absolute atomic E-state index is 0. The molecule has 2 aromatic carbocycles. The molecule has 0 atom stereocenters. The Morgan fingerprint density at radius 3 is 2.07 bits per heavy atom. The molecular weight excluding hydrogens is 766 g/mol. The normalized spacial score (nSPS) is 12.3. The number of hydrogen-bond acceptors (Lipinski definition) is 4. The number of aliphatic hydroxyl groups excluding tert-OH is 1. The fourth-order valence-electron chi connectivity index (χ4n) is 5.58. The van der Waals surface area contributed by atoms with Gasteiger partial charge in [-0.05, 0) is 60.3 Å². The van der Waals surface area contributed by atoms with Crippen molar-refractivity contribution in [1.82, 2.24) is 9.97 Å². The number of pyridine rings is 2. The molecule has 4 nitrogen and oxygen atoms in total. The van der Waals surface area contributed by atoms with Crippen LogP contribution < -0.4 is 0 Å². The van der Waals surface area contributed by atoms with Crippen molar-refractivity contribution in [2.75, 3.05) is 0 Å². The van der Waals surface area contributed by atoms with Crippen LogP contribution in [0.1, 0.15) is 84.0 Å². The summed E-state index contributed by atoms with van der Waals surface area (Å²) in [5.41, 5.74) is 3.22. The Morgan fingerprint density at radius 1 is 0.891 bits per heavy atom. The number of aromatic nitrogens is 2. The summed E-state index contributed by atoms with van der Waals surface area (Å²) < 4.78 is 39.8. The average molecular weight is 812 g/mol. The summed E-state index contributed by atoms with van der Waals surface area (Å²) in [6.45, 7) is 14.5. The van der Waals surface area contributed by atoms with E-state index in [1.54, 1.807) is 12.3 Å². The molecular formula is C38H46F3IrN2O2-. The number of carbonyl (C=O) groups is 1. The van der Waals surface area contributed by atoms with Gasteiger partial charge in [-0.1, -0.05) is 67.5 Å². The van der Waals surface area contributed by atoms with Gasteiger partial charge in [0.2, 0.25) is 0 Å². The Balaban J connectivity index is 0.000000394.